The normalized spacial score (nSPS) is 11.5. The molecule has 4 rings (SSSR count). The number of fused-ring (bicyclic) bond motifs is 1. The van der Waals surface area contributed by atoms with Crippen LogP contribution >= 0.6 is 0 Å². The van der Waals surface area contributed by atoms with Gasteiger partial charge in [0.2, 0.25) is 5.55 Å². The Balaban J connectivity index is 1.81. The minimum Gasteiger partial charge on any atom is -0.497 e. The van der Waals surface area contributed by atoms with Gasteiger partial charge < -0.3 is 14.5 Å². The molecule has 4 aromatic rings. The van der Waals surface area contributed by atoms with Crippen LogP contribution < -0.4 is 15.6 Å². The number of halogens is 1. The molecule has 5 nitrogen and oxygen atoms in total. The minimum atomic E-state index is -0.486. The molecule has 0 radical (unpaired) electrons. The van der Waals surface area contributed by atoms with E-state index in [0.717, 1.165) is 10.9 Å². The summed E-state index contributed by atoms with van der Waals surface area (Å²) in [4.78, 5) is 17.3. The number of anilines is 1. The first-order chi connectivity index (χ1) is 14.5. The number of benzene rings is 3. The number of carbonyl (C=O) groups is 1. The predicted molar refractivity (Wildman–Crippen MR) is 114 cm³/mol. The van der Waals surface area contributed by atoms with Crippen molar-refractivity contribution in [3.05, 3.63) is 95.3 Å². The Kier molecular flexibility index (Phi) is 5.30. The van der Waals surface area contributed by atoms with Gasteiger partial charge in [0.15, 0.2) is 0 Å². The van der Waals surface area contributed by atoms with Crippen molar-refractivity contribution in [1.82, 2.24) is 0 Å². The van der Waals surface area contributed by atoms with Gasteiger partial charge in [0.25, 0.3) is 5.91 Å². The van der Waals surface area contributed by atoms with Crippen LogP contribution in [0.3, 0.4) is 0 Å². The molecule has 1 amide bonds. The van der Waals surface area contributed by atoms with E-state index < -0.39 is 11.7 Å². The van der Waals surface area contributed by atoms with Crippen LogP contribution in [0, 0.1) is 12.7 Å². The zero-order valence-corrected chi connectivity index (χ0v) is 16.5. The lowest BCUT2D eigenvalue weighted by atomic mass is 10.1. The average Bonchev–Trinajstić information content (AvgIpc) is 2.75. The van der Waals surface area contributed by atoms with Gasteiger partial charge in [-0.15, -0.1) is 0 Å². The molecule has 1 heterocycles. The molecule has 1 N–H and O–H groups in total. The van der Waals surface area contributed by atoms with Crippen LogP contribution in [-0.4, -0.2) is 13.0 Å². The van der Waals surface area contributed by atoms with E-state index in [-0.39, 0.29) is 16.8 Å². The maximum absolute atomic E-state index is 14.4. The second-order valence-electron chi connectivity index (χ2n) is 6.75. The highest BCUT2D eigenvalue weighted by Crippen LogP contribution is 2.20. The van der Waals surface area contributed by atoms with Crippen molar-refractivity contribution >= 4 is 28.3 Å². The monoisotopic (exact) mass is 402 g/mol. The molecule has 0 unspecified atom stereocenters. The van der Waals surface area contributed by atoms with E-state index in [1.807, 2.05) is 18.2 Å². The number of methoxy groups -OCH3 is 1. The molecule has 0 atom stereocenters. The van der Waals surface area contributed by atoms with Crippen molar-refractivity contribution in [2.75, 3.05) is 12.4 Å². The lowest BCUT2D eigenvalue weighted by Gasteiger charge is -2.08. The Morgan fingerprint density at radius 3 is 2.53 bits per heavy atom. The van der Waals surface area contributed by atoms with Gasteiger partial charge >= 0.3 is 0 Å². The summed E-state index contributed by atoms with van der Waals surface area (Å²) in [6, 6.07) is 20.6. The molecule has 6 heteroatoms. The van der Waals surface area contributed by atoms with E-state index >= 15 is 0 Å². The van der Waals surface area contributed by atoms with Crippen molar-refractivity contribution in [3.8, 4) is 5.75 Å². The van der Waals surface area contributed by atoms with E-state index in [2.05, 4.69) is 10.3 Å². The third-order valence-electron chi connectivity index (χ3n) is 4.57. The van der Waals surface area contributed by atoms with Crippen molar-refractivity contribution in [1.29, 1.82) is 0 Å². The lowest BCUT2D eigenvalue weighted by Crippen LogP contribution is -2.21. The summed E-state index contributed by atoms with van der Waals surface area (Å²) in [6.45, 7) is 1.79. The van der Waals surface area contributed by atoms with E-state index in [1.165, 1.54) is 6.07 Å². The van der Waals surface area contributed by atoms with Gasteiger partial charge in [-0.2, -0.15) is 0 Å². The summed E-state index contributed by atoms with van der Waals surface area (Å²) in [6.07, 6.45) is 0. The highest BCUT2D eigenvalue weighted by atomic mass is 19.1. The van der Waals surface area contributed by atoms with Gasteiger partial charge in [-0.1, -0.05) is 24.3 Å². The van der Waals surface area contributed by atoms with Gasteiger partial charge in [0.1, 0.15) is 28.4 Å². The molecule has 1 aromatic heterocycles. The molecular weight excluding hydrogens is 383 g/mol. The van der Waals surface area contributed by atoms with Crippen LogP contribution in [0.5, 0.6) is 5.75 Å². The molecular formula is C24H19FN2O3. The number of nitrogens with zero attached hydrogens (tertiary/aromatic N) is 1. The van der Waals surface area contributed by atoms with Gasteiger partial charge in [-0.3, -0.25) is 4.79 Å². The summed E-state index contributed by atoms with van der Waals surface area (Å²) in [5.41, 5.74) is 2.23. The van der Waals surface area contributed by atoms with Crippen LogP contribution in [0.25, 0.3) is 11.0 Å². The first kappa shape index (κ1) is 19.4. The maximum atomic E-state index is 14.4. The number of ether oxygens (including phenoxy) is 1. The van der Waals surface area contributed by atoms with Gasteiger partial charge in [0, 0.05) is 11.1 Å². The third-order valence-corrected chi connectivity index (χ3v) is 4.57. The Morgan fingerprint density at radius 1 is 1.03 bits per heavy atom. The number of para-hydroxylation sites is 1. The van der Waals surface area contributed by atoms with Crippen molar-refractivity contribution < 1.29 is 18.3 Å². The fourth-order valence-corrected chi connectivity index (χ4v) is 3.00. The number of hydrogen-bond acceptors (Lipinski definition) is 4. The number of rotatable bonds is 4. The van der Waals surface area contributed by atoms with E-state index in [0.29, 0.717) is 17.0 Å². The van der Waals surface area contributed by atoms with Gasteiger partial charge in [0.05, 0.1) is 7.11 Å². The molecule has 0 aliphatic rings. The number of aryl methyl sites for hydroxylation is 1. The van der Waals surface area contributed by atoms with E-state index in [4.69, 9.17) is 9.15 Å². The van der Waals surface area contributed by atoms with Crippen LogP contribution in [0.2, 0.25) is 0 Å². The first-order valence-corrected chi connectivity index (χ1v) is 9.33. The van der Waals surface area contributed by atoms with Crippen molar-refractivity contribution in [2.45, 2.75) is 6.92 Å². The Hall–Kier alpha value is -3.93. The van der Waals surface area contributed by atoms with Gasteiger partial charge in [-0.25, -0.2) is 9.38 Å². The molecule has 0 aliphatic carbocycles. The molecule has 0 spiro atoms. The molecule has 150 valence electrons. The molecule has 0 saturated heterocycles. The first-order valence-electron chi connectivity index (χ1n) is 9.33. The fourth-order valence-electron chi connectivity index (χ4n) is 3.00. The van der Waals surface area contributed by atoms with E-state index in [9.17, 15) is 9.18 Å². The second kappa shape index (κ2) is 8.21. The topological polar surface area (TPSA) is 63.8 Å². The SMILES string of the molecule is COc1ccc(NC(=O)c2cc3ccccc3oc2=Nc2ccc(C)cc2F)cc1. The minimum absolute atomic E-state index is 0.0301. The van der Waals surface area contributed by atoms with Crippen LogP contribution in [0.1, 0.15) is 15.9 Å². The average molecular weight is 402 g/mol. The highest BCUT2D eigenvalue weighted by Gasteiger charge is 2.14. The lowest BCUT2D eigenvalue weighted by molar-refractivity contribution is 0.102. The van der Waals surface area contributed by atoms with Crippen molar-refractivity contribution in [2.24, 2.45) is 4.99 Å². The molecule has 0 aliphatic heterocycles. The van der Waals surface area contributed by atoms with Crippen LogP contribution in [0.15, 0.2) is 82.2 Å². The summed E-state index contributed by atoms with van der Waals surface area (Å²) >= 11 is 0. The standard InChI is InChI=1S/C24H19FN2O3/c1-15-7-12-21(20(25)13-15)27-24-19(14-16-5-3-4-6-22(16)30-24)23(28)26-17-8-10-18(29-2)11-9-17/h3-14H,1-2H3,(H,26,28). The summed E-state index contributed by atoms with van der Waals surface area (Å²) in [7, 11) is 1.57. The summed E-state index contributed by atoms with van der Waals surface area (Å²) in [5.74, 6) is -0.222. The number of hydrogen-bond donors (Lipinski definition) is 1. The van der Waals surface area contributed by atoms with Gasteiger partial charge in [-0.05, 0) is 61.0 Å². The van der Waals surface area contributed by atoms with Crippen LogP contribution in [0.4, 0.5) is 15.8 Å². The predicted octanol–water partition coefficient (Wildman–Crippen LogP) is 5.37. The summed E-state index contributed by atoms with van der Waals surface area (Å²) in [5, 5.41) is 3.55. The molecule has 30 heavy (non-hydrogen) atoms. The second-order valence-corrected chi connectivity index (χ2v) is 6.75. The number of amides is 1. The van der Waals surface area contributed by atoms with Crippen molar-refractivity contribution in [3.63, 3.8) is 0 Å². The highest BCUT2D eigenvalue weighted by molar-refractivity contribution is 6.05. The molecule has 0 saturated carbocycles. The van der Waals surface area contributed by atoms with E-state index in [1.54, 1.807) is 62.6 Å². The largest absolute Gasteiger partial charge is 0.497 e. The number of nitrogens with one attached hydrogen (secondary N) is 1. The molecule has 3 aromatic carbocycles. The quantitative estimate of drug-likeness (QED) is 0.499. The Morgan fingerprint density at radius 2 is 1.80 bits per heavy atom. The zero-order chi connectivity index (χ0) is 21.1. The van der Waals surface area contributed by atoms with Crippen LogP contribution in [-0.2, 0) is 0 Å². The summed E-state index contributed by atoms with van der Waals surface area (Å²) < 4.78 is 25.4. The Bertz CT molecular complexity index is 1290. The fraction of sp³-hybridized carbons (Fsp3) is 0.0833. The molecule has 0 fully saturated rings. The third kappa shape index (κ3) is 4.07. The Labute approximate surface area is 172 Å². The number of carbonyl (C=O) groups excluding carboxylic acids is 1. The molecule has 0 bridgehead atoms. The zero-order valence-electron chi connectivity index (χ0n) is 16.5. The maximum Gasteiger partial charge on any atom is 0.261 e. The smallest absolute Gasteiger partial charge is 0.261 e.